The molecule has 0 aliphatic heterocycles. The van der Waals surface area contributed by atoms with Gasteiger partial charge in [0, 0.05) is 17.4 Å². The monoisotopic (exact) mass is 331 g/mol. The number of benzene rings is 1. The second-order valence-electron chi connectivity index (χ2n) is 6.66. The zero-order chi connectivity index (χ0) is 18.1. The summed E-state index contributed by atoms with van der Waals surface area (Å²) in [4.78, 5) is 35.1. The molecular weight excluding hydrogens is 308 g/mol. The highest BCUT2D eigenvalue weighted by Crippen LogP contribution is 2.46. The van der Waals surface area contributed by atoms with Gasteiger partial charge in [-0.15, -0.1) is 0 Å². The fraction of sp³-hybridized carbons (Fsp3) is 0.526. The highest BCUT2D eigenvalue weighted by Gasteiger charge is 2.45. The minimum absolute atomic E-state index is 0.0810. The van der Waals surface area contributed by atoms with Crippen LogP contribution in [0.15, 0.2) is 6.07 Å². The third-order valence-electron chi connectivity index (χ3n) is 5.15. The van der Waals surface area contributed by atoms with E-state index in [1.807, 2.05) is 20.8 Å². The van der Waals surface area contributed by atoms with E-state index in [2.05, 4.69) is 0 Å². The Bertz CT molecular complexity index is 704. The molecule has 0 fully saturated rings. The molecule has 1 aromatic rings. The van der Waals surface area contributed by atoms with Crippen molar-refractivity contribution in [3.05, 3.63) is 28.3 Å². The van der Waals surface area contributed by atoms with Crippen LogP contribution in [0.4, 0.5) is 0 Å². The molecule has 130 valence electrons. The van der Waals surface area contributed by atoms with Crippen molar-refractivity contribution in [2.24, 2.45) is 5.41 Å². The average Bonchev–Trinajstić information content (AvgIpc) is 2.80. The molecule has 1 aliphatic rings. The number of carbonyl (C=O) groups excluding carboxylic acids is 3. The summed E-state index contributed by atoms with van der Waals surface area (Å²) < 4.78 is 5.31. The van der Waals surface area contributed by atoms with Gasteiger partial charge in [-0.3, -0.25) is 4.79 Å². The summed E-state index contributed by atoms with van der Waals surface area (Å²) in [6.45, 7) is 6.66. The maximum absolute atomic E-state index is 13.1. The number of rotatable bonds is 7. The van der Waals surface area contributed by atoms with Gasteiger partial charge in [-0.25, -0.2) is 0 Å². The van der Waals surface area contributed by atoms with Crippen molar-refractivity contribution in [2.45, 2.75) is 53.4 Å². The molecule has 1 unspecified atom stereocenters. The lowest BCUT2D eigenvalue weighted by Gasteiger charge is -2.25. The number of hydrogen-bond acceptors (Lipinski definition) is 5. The predicted octanol–water partition coefficient (Wildman–Crippen LogP) is 1.94. The Labute approximate surface area is 142 Å². The Kier molecular flexibility index (Phi) is 5.11. The number of ketones is 2. The van der Waals surface area contributed by atoms with Crippen LogP contribution in [-0.4, -0.2) is 24.1 Å². The van der Waals surface area contributed by atoms with E-state index in [0.29, 0.717) is 37.0 Å². The van der Waals surface area contributed by atoms with Crippen LogP contribution >= 0.6 is 0 Å². The number of carbonyl (C=O) groups is 3. The van der Waals surface area contributed by atoms with E-state index >= 15 is 0 Å². The van der Waals surface area contributed by atoms with Gasteiger partial charge in [-0.05, 0) is 62.8 Å². The number of ether oxygens (including phenoxy) is 1. The molecule has 1 atom stereocenters. The molecule has 0 aromatic heterocycles. The number of carboxylic acids is 1. The van der Waals surface area contributed by atoms with Crippen LogP contribution in [0.2, 0.25) is 0 Å². The summed E-state index contributed by atoms with van der Waals surface area (Å²) in [6, 6.07) is 1.77. The molecular formula is C19H23O5-. The molecule has 1 aromatic carbocycles. The lowest BCUT2D eigenvalue weighted by Crippen LogP contribution is -2.29. The first kappa shape index (κ1) is 18.2. The quantitative estimate of drug-likeness (QED) is 0.762. The standard InChI is InChI=1S/C19H24O5/c1-5-19(7-6-11(2)20)9-14-8-15(24-10-16(21)22)12(3)13(4)17(14)18(19)23/h8H,5-7,9-10H2,1-4H3,(H,21,22)/p-1. The number of carboxylic acid groups (broad SMARTS) is 1. The Morgan fingerprint density at radius 2 is 1.96 bits per heavy atom. The Morgan fingerprint density at radius 3 is 2.50 bits per heavy atom. The number of hydrogen-bond donors (Lipinski definition) is 0. The van der Waals surface area contributed by atoms with Gasteiger partial charge < -0.3 is 19.4 Å². The maximum Gasteiger partial charge on any atom is 0.169 e. The summed E-state index contributed by atoms with van der Waals surface area (Å²) in [7, 11) is 0. The van der Waals surface area contributed by atoms with Gasteiger partial charge in [0.1, 0.15) is 18.1 Å². The normalized spacial score (nSPS) is 19.2. The van der Waals surface area contributed by atoms with Crippen LogP contribution in [-0.2, 0) is 16.0 Å². The van der Waals surface area contributed by atoms with Gasteiger partial charge in [-0.2, -0.15) is 0 Å². The van der Waals surface area contributed by atoms with Crippen molar-refractivity contribution < 1.29 is 24.2 Å². The second-order valence-corrected chi connectivity index (χ2v) is 6.66. The Hall–Kier alpha value is -2.17. The first-order chi connectivity index (χ1) is 11.2. The summed E-state index contributed by atoms with van der Waals surface area (Å²) >= 11 is 0. The summed E-state index contributed by atoms with van der Waals surface area (Å²) in [6.07, 6.45) is 2.16. The van der Waals surface area contributed by atoms with E-state index in [4.69, 9.17) is 4.74 Å². The summed E-state index contributed by atoms with van der Waals surface area (Å²) in [5.74, 6) is -0.638. The molecule has 2 rings (SSSR count). The van der Waals surface area contributed by atoms with E-state index in [-0.39, 0.29) is 11.6 Å². The smallest absolute Gasteiger partial charge is 0.169 e. The van der Waals surface area contributed by atoms with Gasteiger partial charge in [0.25, 0.3) is 0 Å². The highest BCUT2D eigenvalue weighted by atomic mass is 16.5. The molecule has 0 bridgehead atoms. The van der Waals surface area contributed by atoms with E-state index in [9.17, 15) is 19.5 Å². The average molecular weight is 331 g/mol. The van der Waals surface area contributed by atoms with Crippen LogP contribution in [0.3, 0.4) is 0 Å². The van der Waals surface area contributed by atoms with Crippen molar-refractivity contribution in [1.82, 2.24) is 0 Å². The molecule has 5 nitrogen and oxygen atoms in total. The molecule has 0 radical (unpaired) electrons. The predicted molar refractivity (Wildman–Crippen MR) is 87.1 cm³/mol. The second kappa shape index (κ2) is 6.75. The molecule has 0 amide bonds. The third-order valence-corrected chi connectivity index (χ3v) is 5.15. The van der Waals surface area contributed by atoms with Gasteiger partial charge in [0.05, 0.1) is 5.97 Å². The maximum atomic E-state index is 13.1. The molecule has 24 heavy (non-hydrogen) atoms. The minimum Gasteiger partial charge on any atom is -0.546 e. The number of Topliss-reactive ketones (excluding diaryl/α,β-unsaturated/α-hetero) is 2. The SMILES string of the molecule is CCC1(CCC(C)=O)Cc2cc(OCC(=O)[O-])c(C)c(C)c2C1=O. The molecule has 5 heteroatoms. The van der Waals surface area contributed by atoms with Crippen LogP contribution in [0.5, 0.6) is 5.75 Å². The fourth-order valence-electron chi connectivity index (χ4n) is 3.48. The fourth-order valence-corrected chi connectivity index (χ4v) is 3.48. The van der Waals surface area contributed by atoms with E-state index in [1.165, 1.54) is 6.92 Å². The van der Waals surface area contributed by atoms with Crippen molar-refractivity contribution >= 4 is 17.5 Å². The van der Waals surface area contributed by atoms with Gasteiger partial charge in [0.2, 0.25) is 0 Å². The molecule has 0 saturated heterocycles. The highest BCUT2D eigenvalue weighted by molar-refractivity contribution is 6.06. The van der Waals surface area contributed by atoms with Crippen LogP contribution < -0.4 is 9.84 Å². The molecule has 0 heterocycles. The first-order valence-electron chi connectivity index (χ1n) is 8.22. The molecule has 0 spiro atoms. The molecule has 1 aliphatic carbocycles. The van der Waals surface area contributed by atoms with E-state index < -0.39 is 18.0 Å². The summed E-state index contributed by atoms with van der Waals surface area (Å²) in [5.41, 5.74) is 2.63. The van der Waals surface area contributed by atoms with Crippen molar-refractivity contribution in [1.29, 1.82) is 0 Å². The lowest BCUT2D eigenvalue weighted by molar-refractivity contribution is -0.307. The zero-order valence-electron chi connectivity index (χ0n) is 14.7. The largest absolute Gasteiger partial charge is 0.546 e. The zero-order valence-corrected chi connectivity index (χ0v) is 14.7. The third kappa shape index (κ3) is 3.21. The van der Waals surface area contributed by atoms with Crippen LogP contribution in [0, 0.1) is 19.3 Å². The van der Waals surface area contributed by atoms with Gasteiger partial charge >= 0.3 is 0 Å². The Morgan fingerprint density at radius 1 is 1.29 bits per heavy atom. The number of aliphatic carboxylic acids is 1. The van der Waals surface area contributed by atoms with Gasteiger partial charge in [0.15, 0.2) is 5.78 Å². The number of fused-ring (bicyclic) bond motifs is 1. The van der Waals surface area contributed by atoms with Crippen molar-refractivity contribution in [2.75, 3.05) is 6.61 Å². The lowest BCUT2D eigenvalue weighted by atomic mass is 9.76. The van der Waals surface area contributed by atoms with E-state index in [0.717, 1.165) is 16.7 Å². The molecule has 0 saturated carbocycles. The van der Waals surface area contributed by atoms with Crippen molar-refractivity contribution in [3.63, 3.8) is 0 Å². The topological polar surface area (TPSA) is 83.5 Å². The summed E-state index contributed by atoms with van der Waals surface area (Å²) in [5, 5.41) is 10.6. The Balaban J connectivity index is 2.41. The minimum atomic E-state index is -1.28. The van der Waals surface area contributed by atoms with E-state index in [1.54, 1.807) is 6.07 Å². The van der Waals surface area contributed by atoms with Crippen molar-refractivity contribution in [3.8, 4) is 5.75 Å². The van der Waals surface area contributed by atoms with Gasteiger partial charge in [-0.1, -0.05) is 6.92 Å². The van der Waals surface area contributed by atoms with Crippen LogP contribution in [0.25, 0.3) is 0 Å². The molecule has 0 N–H and O–H groups in total. The first-order valence-corrected chi connectivity index (χ1v) is 8.22. The van der Waals surface area contributed by atoms with Crippen LogP contribution in [0.1, 0.15) is 60.2 Å².